The van der Waals surface area contributed by atoms with Crippen molar-refractivity contribution in [3.05, 3.63) is 40.7 Å². The molecule has 0 bridgehead atoms. The molecule has 1 unspecified atom stereocenters. The Morgan fingerprint density at radius 1 is 1.30 bits per heavy atom. The fraction of sp³-hybridized carbons (Fsp3) is 0.545. The maximum Gasteiger partial charge on any atom is 0.240 e. The number of thiazole rings is 1. The van der Waals surface area contributed by atoms with Gasteiger partial charge in [-0.15, -0.1) is 11.3 Å². The highest BCUT2D eigenvalue weighted by Crippen LogP contribution is 2.22. The summed E-state index contributed by atoms with van der Waals surface area (Å²) in [6.45, 7) is 9.14. The van der Waals surface area contributed by atoms with Crippen LogP contribution in [0.5, 0.6) is 0 Å². The van der Waals surface area contributed by atoms with Gasteiger partial charge in [0.25, 0.3) is 0 Å². The van der Waals surface area contributed by atoms with E-state index >= 15 is 0 Å². The molecule has 0 radical (unpaired) electrons. The summed E-state index contributed by atoms with van der Waals surface area (Å²) in [7, 11) is 0. The van der Waals surface area contributed by atoms with E-state index in [0.29, 0.717) is 31.3 Å². The smallest absolute Gasteiger partial charge is 0.240 e. The summed E-state index contributed by atoms with van der Waals surface area (Å²) < 4.78 is 0. The Labute approximate surface area is 182 Å². The second-order valence-electron chi connectivity index (χ2n) is 7.81. The number of aryl methyl sites for hydroxylation is 2. The van der Waals surface area contributed by atoms with Gasteiger partial charge in [0.1, 0.15) is 0 Å². The lowest BCUT2D eigenvalue weighted by Crippen LogP contribution is -2.47. The Morgan fingerprint density at radius 2 is 2.07 bits per heavy atom. The van der Waals surface area contributed by atoms with Crippen molar-refractivity contribution >= 4 is 28.3 Å². The molecular weight excluding hydrogens is 398 g/mol. The van der Waals surface area contributed by atoms with Gasteiger partial charge in [-0.3, -0.25) is 19.5 Å². The van der Waals surface area contributed by atoms with Crippen molar-refractivity contribution < 1.29 is 9.59 Å². The Kier molecular flexibility index (Phi) is 7.93. The maximum absolute atomic E-state index is 13.1. The first-order valence-corrected chi connectivity index (χ1v) is 11.4. The summed E-state index contributed by atoms with van der Waals surface area (Å²) in [5, 5.41) is 3.54. The molecule has 3 rings (SSSR count). The Balaban J connectivity index is 1.50. The molecule has 1 aliphatic rings. The summed E-state index contributed by atoms with van der Waals surface area (Å²) in [6, 6.07) is 3.98. The minimum Gasteiger partial charge on any atom is -0.342 e. The molecule has 0 saturated carbocycles. The monoisotopic (exact) mass is 429 g/mol. The average molecular weight is 430 g/mol. The van der Waals surface area contributed by atoms with E-state index in [1.54, 1.807) is 12.4 Å². The minimum atomic E-state index is -0.0677. The highest BCUT2D eigenvalue weighted by Gasteiger charge is 2.29. The van der Waals surface area contributed by atoms with Gasteiger partial charge in [0.05, 0.1) is 18.2 Å². The van der Waals surface area contributed by atoms with Gasteiger partial charge in [-0.25, -0.2) is 4.98 Å². The minimum absolute atomic E-state index is 0.0479. The van der Waals surface area contributed by atoms with E-state index in [4.69, 9.17) is 0 Å². The average Bonchev–Trinajstić information content (AvgIpc) is 3.05. The quantitative estimate of drug-likeness (QED) is 0.698. The van der Waals surface area contributed by atoms with Gasteiger partial charge in [0.2, 0.25) is 11.8 Å². The van der Waals surface area contributed by atoms with Gasteiger partial charge in [0.15, 0.2) is 5.13 Å². The molecule has 30 heavy (non-hydrogen) atoms. The van der Waals surface area contributed by atoms with Gasteiger partial charge < -0.3 is 10.2 Å². The normalized spacial score (nSPS) is 17.0. The number of likely N-dealkylation sites (N-methyl/N-ethyl adjacent to an activating group) is 1. The van der Waals surface area contributed by atoms with Gasteiger partial charge in [-0.05, 0) is 64.3 Å². The molecule has 1 atom stereocenters. The largest absolute Gasteiger partial charge is 0.342 e. The zero-order chi connectivity index (χ0) is 21.5. The van der Waals surface area contributed by atoms with Crippen LogP contribution >= 0.6 is 11.3 Å². The summed E-state index contributed by atoms with van der Waals surface area (Å²) in [6.07, 6.45) is 6.21. The van der Waals surface area contributed by atoms with Gasteiger partial charge >= 0.3 is 0 Å². The number of carbonyl (C=O) groups is 2. The predicted octanol–water partition coefficient (Wildman–Crippen LogP) is 2.90. The van der Waals surface area contributed by atoms with Crippen LogP contribution in [0.1, 0.15) is 35.9 Å². The Hall–Kier alpha value is -2.32. The second-order valence-corrected chi connectivity index (χ2v) is 9.01. The molecular formula is C22H31N5O2S. The topological polar surface area (TPSA) is 78.4 Å². The van der Waals surface area contributed by atoms with E-state index in [9.17, 15) is 9.59 Å². The molecule has 1 aliphatic heterocycles. The second kappa shape index (κ2) is 10.6. The van der Waals surface area contributed by atoms with E-state index < -0.39 is 0 Å². The molecule has 1 N–H and O–H groups in total. The molecule has 2 amide bonds. The van der Waals surface area contributed by atoms with E-state index in [2.05, 4.69) is 20.2 Å². The van der Waals surface area contributed by atoms with Crippen LogP contribution in [0, 0.1) is 19.8 Å². The molecule has 8 heteroatoms. The fourth-order valence-corrected chi connectivity index (χ4v) is 4.62. The molecule has 2 aromatic heterocycles. The van der Waals surface area contributed by atoms with Crippen molar-refractivity contribution in [3.8, 4) is 0 Å². The molecule has 2 aromatic rings. The van der Waals surface area contributed by atoms with Crippen molar-refractivity contribution in [1.29, 1.82) is 0 Å². The Morgan fingerprint density at radius 3 is 2.73 bits per heavy atom. The third kappa shape index (κ3) is 6.09. The fourth-order valence-electron chi connectivity index (χ4n) is 3.78. The van der Waals surface area contributed by atoms with Crippen LogP contribution in [0.4, 0.5) is 5.13 Å². The molecule has 0 spiro atoms. The summed E-state index contributed by atoms with van der Waals surface area (Å²) in [5.74, 6) is 0.0815. The van der Waals surface area contributed by atoms with Crippen LogP contribution in [-0.2, 0) is 16.0 Å². The van der Waals surface area contributed by atoms with Crippen LogP contribution in [0.3, 0.4) is 0 Å². The zero-order valence-electron chi connectivity index (χ0n) is 18.1. The van der Waals surface area contributed by atoms with Gasteiger partial charge in [-0.1, -0.05) is 0 Å². The first-order chi connectivity index (χ1) is 14.5. The molecule has 0 aliphatic carbocycles. The number of carbonyl (C=O) groups excluding carboxylic acids is 2. The molecule has 1 saturated heterocycles. The molecule has 1 fully saturated rings. The van der Waals surface area contributed by atoms with E-state index in [1.807, 2.05) is 37.8 Å². The van der Waals surface area contributed by atoms with Crippen molar-refractivity contribution in [3.63, 3.8) is 0 Å². The number of piperidine rings is 1. The number of nitrogens with one attached hydrogen (secondary N) is 1. The molecule has 0 aromatic carbocycles. The van der Waals surface area contributed by atoms with Crippen LogP contribution in [-0.4, -0.2) is 64.3 Å². The van der Waals surface area contributed by atoms with Crippen LogP contribution in [0.2, 0.25) is 0 Å². The number of pyridine rings is 1. The molecule has 162 valence electrons. The maximum atomic E-state index is 13.1. The van der Waals surface area contributed by atoms with Crippen molar-refractivity contribution in [2.24, 2.45) is 5.92 Å². The zero-order valence-corrected chi connectivity index (χ0v) is 18.9. The Bertz CT molecular complexity index is 835. The summed E-state index contributed by atoms with van der Waals surface area (Å²) >= 11 is 1.49. The first-order valence-electron chi connectivity index (χ1n) is 10.6. The standard InChI is InChI=1S/C22H31N5O2S/c1-4-27(13-9-18-7-10-23-11-8-18)21(29)19-6-5-12-26(14-19)15-20(28)25-22-24-16(2)17(3)30-22/h7-8,10-11,19H,4-6,9,12-15H2,1-3H3,(H,24,25,28). The number of rotatable bonds is 8. The number of amides is 2. The highest BCUT2D eigenvalue weighted by molar-refractivity contribution is 7.15. The van der Waals surface area contributed by atoms with E-state index in [-0.39, 0.29) is 17.7 Å². The highest BCUT2D eigenvalue weighted by atomic mass is 32.1. The van der Waals surface area contributed by atoms with Crippen LogP contribution in [0.15, 0.2) is 24.5 Å². The van der Waals surface area contributed by atoms with Crippen molar-refractivity contribution in [1.82, 2.24) is 19.8 Å². The lowest BCUT2D eigenvalue weighted by atomic mass is 9.96. The summed E-state index contributed by atoms with van der Waals surface area (Å²) in [4.78, 5) is 39.1. The van der Waals surface area contributed by atoms with Gasteiger partial charge in [0, 0.05) is 36.9 Å². The number of hydrogen-bond acceptors (Lipinski definition) is 6. The first kappa shape index (κ1) is 22.4. The lowest BCUT2D eigenvalue weighted by molar-refractivity contribution is -0.137. The number of aromatic nitrogens is 2. The molecule has 3 heterocycles. The summed E-state index contributed by atoms with van der Waals surface area (Å²) in [5.41, 5.74) is 2.14. The van der Waals surface area contributed by atoms with E-state index in [1.165, 1.54) is 16.9 Å². The lowest BCUT2D eigenvalue weighted by Gasteiger charge is -2.34. The number of anilines is 1. The van der Waals surface area contributed by atoms with Crippen molar-refractivity contribution in [2.45, 2.75) is 40.0 Å². The SMILES string of the molecule is CCN(CCc1ccncc1)C(=O)C1CCCN(CC(=O)Nc2nc(C)c(C)s2)C1. The molecule has 7 nitrogen and oxygen atoms in total. The van der Waals surface area contributed by atoms with Crippen LogP contribution in [0.25, 0.3) is 0 Å². The number of likely N-dealkylation sites (tertiary alicyclic amines) is 1. The third-order valence-electron chi connectivity index (χ3n) is 5.61. The predicted molar refractivity (Wildman–Crippen MR) is 120 cm³/mol. The van der Waals surface area contributed by atoms with E-state index in [0.717, 1.165) is 36.4 Å². The number of nitrogens with zero attached hydrogens (tertiary/aromatic N) is 4. The number of hydrogen-bond donors (Lipinski definition) is 1. The van der Waals surface area contributed by atoms with Gasteiger partial charge in [-0.2, -0.15) is 0 Å². The van der Waals surface area contributed by atoms with Crippen LogP contribution < -0.4 is 5.32 Å². The third-order valence-corrected chi connectivity index (χ3v) is 6.60. The van der Waals surface area contributed by atoms with Crippen molar-refractivity contribution in [2.75, 3.05) is 38.0 Å².